The molecule has 0 spiro atoms. The summed E-state index contributed by atoms with van der Waals surface area (Å²) in [6.45, 7) is 3.89. The smallest absolute Gasteiger partial charge is 0.208 e. The monoisotopic (exact) mass is 273 g/mol. The van der Waals surface area contributed by atoms with E-state index in [1.807, 2.05) is 0 Å². The number of rotatable bonds is 7. The van der Waals surface area contributed by atoms with Gasteiger partial charge < -0.3 is 0 Å². The van der Waals surface area contributed by atoms with Gasteiger partial charge in [0.15, 0.2) is 0 Å². The third-order valence-corrected chi connectivity index (χ3v) is 4.35. The van der Waals surface area contributed by atoms with Crippen LogP contribution in [0.25, 0.3) is 0 Å². The lowest BCUT2D eigenvalue weighted by atomic mass is 10.1. The van der Waals surface area contributed by atoms with Crippen LogP contribution in [0, 0.1) is 5.82 Å². The lowest BCUT2D eigenvalue weighted by Crippen LogP contribution is -2.33. The van der Waals surface area contributed by atoms with E-state index in [1.165, 1.54) is 18.2 Å². The molecule has 3 nitrogen and oxygen atoms in total. The minimum absolute atomic E-state index is 0.179. The first-order valence-electron chi connectivity index (χ1n) is 6.24. The summed E-state index contributed by atoms with van der Waals surface area (Å²) in [4.78, 5) is -0.285. The summed E-state index contributed by atoms with van der Waals surface area (Å²) < 4.78 is 39.8. The van der Waals surface area contributed by atoms with Gasteiger partial charge in [-0.2, -0.15) is 0 Å². The average molecular weight is 273 g/mol. The summed E-state index contributed by atoms with van der Waals surface area (Å²) in [5, 5.41) is 0. The van der Waals surface area contributed by atoms with Crippen LogP contribution in [0.5, 0.6) is 0 Å². The minimum atomic E-state index is -3.75. The maximum absolute atomic E-state index is 13.4. The molecular weight excluding hydrogens is 253 g/mol. The fraction of sp³-hybridized carbons (Fsp3) is 0.538. The van der Waals surface area contributed by atoms with Crippen LogP contribution in [0.2, 0.25) is 0 Å². The van der Waals surface area contributed by atoms with Crippen molar-refractivity contribution in [3.8, 4) is 0 Å². The molecule has 0 fully saturated rings. The molecule has 0 aliphatic carbocycles. The molecule has 0 radical (unpaired) electrons. The van der Waals surface area contributed by atoms with E-state index >= 15 is 0 Å². The van der Waals surface area contributed by atoms with Crippen LogP contribution in [0.15, 0.2) is 29.2 Å². The van der Waals surface area contributed by atoms with Gasteiger partial charge in [-0.15, -0.1) is 0 Å². The summed E-state index contributed by atoms with van der Waals surface area (Å²) in [7, 11) is -3.75. The standard InChI is InChI=1S/C13H20FNO2S/c1-3-4-5-8-11(2)15-18(16,17)13-10-7-6-9-12(13)14/h6-7,9-11,15H,3-5,8H2,1-2H3. The van der Waals surface area contributed by atoms with E-state index in [0.717, 1.165) is 31.7 Å². The Bertz CT molecular complexity index is 474. The molecule has 0 heterocycles. The van der Waals surface area contributed by atoms with Gasteiger partial charge in [0, 0.05) is 6.04 Å². The second-order valence-electron chi connectivity index (χ2n) is 4.45. The summed E-state index contributed by atoms with van der Waals surface area (Å²) in [5.74, 6) is -0.717. The molecule has 5 heteroatoms. The van der Waals surface area contributed by atoms with E-state index in [0.29, 0.717) is 0 Å². The molecule has 1 N–H and O–H groups in total. The number of halogens is 1. The fourth-order valence-electron chi connectivity index (χ4n) is 1.75. The number of hydrogen-bond donors (Lipinski definition) is 1. The first kappa shape index (κ1) is 15.1. The number of unbranched alkanes of at least 4 members (excludes halogenated alkanes) is 2. The molecule has 102 valence electrons. The Labute approximate surface area is 108 Å². The highest BCUT2D eigenvalue weighted by atomic mass is 32.2. The van der Waals surface area contributed by atoms with Crippen LogP contribution < -0.4 is 4.72 Å². The van der Waals surface area contributed by atoms with Gasteiger partial charge in [-0.05, 0) is 25.5 Å². The molecule has 1 unspecified atom stereocenters. The molecule has 1 aromatic carbocycles. The summed E-state index contributed by atoms with van der Waals surface area (Å²) in [6, 6.07) is 5.23. The van der Waals surface area contributed by atoms with Gasteiger partial charge in [0.2, 0.25) is 10.0 Å². The van der Waals surface area contributed by atoms with Crippen LogP contribution in [0.4, 0.5) is 4.39 Å². The average Bonchev–Trinajstić information content (AvgIpc) is 2.29. The number of benzene rings is 1. The first-order valence-corrected chi connectivity index (χ1v) is 7.72. The Balaban J connectivity index is 2.68. The molecule has 0 bridgehead atoms. The van der Waals surface area contributed by atoms with E-state index in [-0.39, 0.29) is 10.9 Å². The van der Waals surface area contributed by atoms with Gasteiger partial charge in [0.25, 0.3) is 0 Å². The zero-order valence-electron chi connectivity index (χ0n) is 10.8. The second-order valence-corrected chi connectivity index (χ2v) is 6.13. The molecule has 1 rings (SSSR count). The second kappa shape index (κ2) is 6.85. The van der Waals surface area contributed by atoms with Crippen molar-refractivity contribution in [3.05, 3.63) is 30.1 Å². The molecule has 0 saturated carbocycles. The topological polar surface area (TPSA) is 46.2 Å². The molecule has 0 aliphatic heterocycles. The minimum Gasteiger partial charge on any atom is -0.208 e. The van der Waals surface area contributed by atoms with Gasteiger partial charge in [-0.1, -0.05) is 38.3 Å². The Morgan fingerprint density at radius 2 is 1.94 bits per heavy atom. The largest absolute Gasteiger partial charge is 0.243 e. The van der Waals surface area contributed by atoms with Gasteiger partial charge in [0.1, 0.15) is 10.7 Å². The van der Waals surface area contributed by atoms with Crippen molar-refractivity contribution in [1.82, 2.24) is 4.72 Å². The SMILES string of the molecule is CCCCCC(C)NS(=O)(=O)c1ccccc1F. The van der Waals surface area contributed by atoms with Gasteiger partial charge >= 0.3 is 0 Å². The predicted octanol–water partition coefficient (Wildman–Crippen LogP) is 3.07. The summed E-state index contributed by atoms with van der Waals surface area (Å²) in [6.07, 6.45) is 3.90. The van der Waals surface area contributed by atoms with Crippen LogP contribution in [-0.2, 0) is 10.0 Å². The van der Waals surface area contributed by atoms with Crippen molar-refractivity contribution < 1.29 is 12.8 Å². The van der Waals surface area contributed by atoms with E-state index < -0.39 is 15.8 Å². The van der Waals surface area contributed by atoms with Crippen molar-refractivity contribution in [1.29, 1.82) is 0 Å². The molecule has 0 amide bonds. The van der Waals surface area contributed by atoms with Crippen molar-refractivity contribution in [2.24, 2.45) is 0 Å². The molecule has 0 saturated heterocycles. The maximum Gasteiger partial charge on any atom is 0.243 e. The van der Waals surface area contributed by atoms with E-state index in [4.69, 9.17) is 0 Å². The van der Waals surface area contributed by atoms with E-state index in [2.05, 4.69) is 11.6 Å². The Hall–Kier alpha value is -0.940. The third kappa shape index (κ3) is 4.38. The molecule has 0 aliphatic rings. The van der Waals surface area contributed by atoms with Crippen LogP contribution in [0.3, 0.4) is 0 Å². The quantitative estimate of drug-likeness (QED) is 0.776. The van der Waals surface area contributed by atoms with E-state index in [9.17, 15) is 12.8 Å². The third-order valence-electron chi connectivity index (χ3n) is 2.72. The Kier molecular flexibility index (Phi) is 5.75. The van der Waals surface area contributed by atoms with Crippen molar-refractivity contribution in [3.63, 3.8) is 0 Å². The lowest BCUT2D eigenvalue weighted by Gasteiger charge is -2.14. The van der Waals surface area contributed by atoms with Crippen molar-refractivity contribution in [2.75, 3.05) is 0 Å². The van der Waals surface area contributed by atoms with Crippen molar-refractivity contribution in [2.45, 2.75) is 50.5 Å². The Morgan fingerprint density at radius 3 is 2.56 bits per heavy atom. The molecule has 18 heavy (non-hydrogen) atoms. The first-order chi connectivity index (χ1) is 8.47. The highest BCUT2D eigenvalue weighted by Crippen LogP contribution is 2.14. The predicted molar refractivity (Wildman–Crippen MR) is 70.3 cm³/mol. The van der Waals surface area contributed by atoms with Crippen molar-refractivity contribution >= 4 is 10.0 Å². The highest BCUT2D eigenvalue weighted by molar-refractivity contribution is 7.89. The lowest BCUT2D eigenvalue weighted by molar-refractivity contribution is 0.519. The molecular formula is C13H20FNO2S. The summed E-state index contributed by atoms with van der Waals surface area (Å²) >= 11 is 0. The van der Waals surface area contributed by atoms with Gasteiger partial charge in [-0.25, -0.2) is 17.5 Å². The highest BCUT2D eigenvalue weighted by Gasteiger charge is 2.20. The van der Waals surface area contributed by atoms with Gasteiger partial charge in [-0.3, -0.25) is 0 Å². The number of hydrogen-bond acceptors (Lipinski definition) is 2. The normalized spacial score (nSPS) is 13.5. The number of nitrogens with one attached hydrogen (secondary N) is 1. The fourth-order valence-corrected chi connectivity index (χ4v) is 3.11. The van der Waals surface area contributed by atoms with Gasteiger partial charge in [0.05, 0.1) is 0 Å². The Morgan fingerprint density at radius 1 is 1.28 bits per heavy atom. The van der Waals surface area contributed by atoms with Crippen LogP contribution >= 0.6 is 0 Å². The zero-order chi connectivity index (χ0) is 13.6. The van der Waals surface area contributed by atoms with E-state index in [1.54, 1.807) is 6.92 Å². The molecule has 1 aromatic rings. The zero-order valence-corrected chi connectivity index (χ0v) is 11.6. The van der Waals surface area contributed by atoms with Crippen LogP contribution in [0.1, 0.15) is 39.5 Å². The summed E-state index contributed by atoms with van der Waals surface area (Å²) in [5.41, 5.74) is 0. The van der Waals surface area contributed by atoms with Crippen LogP contribution in [-0.4, -0.2) is 14.5 Å². The molecule has 0 aromatic heterocycles. The molecule has 1 atom stereocenters. The number of sulfonamides is 1. The maximum atomic E-state index is 13.4.